The fraction of sp³-hybridized carbons (Fsp3) is 0.429. The van der Waals surface area contributed by atoms with Gasteiger partial charge in [-0.2, -0.15) is 0 Å². The van der Waals surface area contributed by atoms with Crippen molar-refractivity contribution >= 4 is 21.6 Å². The van der Waals surface area contributed by atoms with Gasteiger partial charge in [0.05, 0.1) is 11.3 Å². The van der Waals surface area contributed by atoms with Crippen molar-refractivity contribution in [1.82, 2.24) is 9.38 Å². The SMILES string of the molecule is [C-]#[N+]C1(c2cc(Br)cn3cc(C(C)C)nc23)CC1. The van der Waals surface area contributed by atoms with Crippen LogP contribution in [-0.2, 0) is 5.54 Å². The molecule has 0 N–H and O–H groups in total. The smallest absolute Gasteiger partial charge is 0.261 e. The average molecular weight is 304 g/mol. The molecule has 18 heavy (non-hydrogen) atoms. The number of hydrogen-bond acceptors (Lipinski definition) is 1. The molecule has 0 aliphatic heterocycles. The zero-order chi connectivity index (χ0) is 12.9. The number of pyridine rings is 1. The molecule has 4 heteroatoms. The zero-order valence-electron chi connectivity index (χ0n) is 10.4. The zero-order valence-corrected chi connectivity index (χ0v) is 12.0. The van der Waals surface area contributed by atoms with Crippen molar-refractivity contribution in [2.45, 2.75) is 38.1 Å². The Labute approximate surface area is 115 Å². The summed E-state index contributed by atoms with van der Waals surface area (Å²) in [6.45, 7) is 11.7. The van der Waals surface area contributed by atoms with Crippen molar-refractivity contribution < 1.29 is 0 Å². The molecule has 2 aromatic rings. The summed E-state index contributed by atoms with van der Waals surface area (Å²) in [7, 11) is 0. The Morgan fingerprint density at radius 2 is 2.17 bits per heavy atom. The third-order valence-corrected chi connectivity index (χ3v) is 4.00. The van der Waals surface area contributed by atoms with E-state index in [0.717, 1.165) is 34.2 Å². The van der Waals surface area contributed by atoms with Crippen molar-refractivity contribution in [3.05, 3.63) is 45.6 Å². The number of hydrogen-bond donors (Lipinski definition) is 0. The lowest BCUT2D eigenvalue weighted by Crippen LogP contribution is -2.03. The standard InChI is InChI=1S/C14H14BrN3/c1-9(2)12-8-18-7-10(15)6-11(13(18)17-12)14(16-3)4-5-14/h6-9H,4-5H2,1-2H3. The molecule has 0 radical (unpaired) electrons. The maximum absolute atomic E-state index is 7.42. The van der Waals surface area contributed by atoms with Crippen LogP contribution in [0.3, 0.4) is 0 Å². The van der Waals surface area contributed by atoms with Gasteiger partial charge in [0.2, 0.25) is 0 Å². The van der Waals surface area contributed by atoms with E-state index in [1.54, 1.807) is 0 Å². The maximum atomic E-state index is 7.42. The van der Waals surface area contributed by atoms with E-state index < -0.39 is 0 Å². The molecule has 2 aromatic heterocycles. The van der Waals surface area contributed by atoms with Crippen molar-refractivity contribution in [3.8, 4) is 0 Å². The van der Waals surface area contributed by atoms with Gasteiger partial charge in [0, 0.05) is 29.7 Å². The Morgan fingerprint density at radius 3 is 2.72 bits per heavy atom. The van der Waals surface area contributed by atoms with Gasteiger partial charge < -0.3 is 9.25 Å². The molecular formula is C14H14BrN3. The van der Waals surface area contributed by atoms with Gasteiger partial charge in [-0.15, -0.1) is 0 Å². The van der Waals surface area contributed by atoms with Gasteiger partial charge in [0.1, 0.15) is 5.65 Å². The first-order chi connectivity index (χ1) is 8.55. The minimum absolute atomic E-state index is 0.315. The van der Waals surface area contributed by atoms with Gasteiger partial charge in [-0.1, -0.05) is 13.8 Å². The molecule has 1 saturated carbocycles. The molecule has 1 aliphatic carbocycles. The second-order valence-corrected chi connectivity index (χ2v) is 6.18. The molecule has 0 aromatic carbocycles. The second kappa shape index (κ2) is 3.83. The monoisotopic (exact) mass is 303 g/mol. The molecule has 3 nitrogen and oxygen atoms in total. The van der Waals surface area contributed by atoms with Crippen LogP contribution < -0.4 is 0 Å². The summed E-state index contributed by atoms with van der Waals surface area (Å²) in [6, 6.07) is 2.05. The molecule has 1 aliphatic rings. The van der Waals surface area contributed by atoms with Crippen LogP contribution in [-0.4, -0.2) is 9.38 Å². The third-order valence-electron chi connectivity index (χ3n) is 3.57. The van der Waals surface area contributed by atoms with Crippen LogP contribution in [0.4, 0.5) is 0 Å². The maximum Gasteiger partial charge on any atom is 0.261 e. The largest absolute Gasteiger partial charge is 0.305 e. The van der Waals surface area contributed by atoms with Gasteiger partial charge >= 0.3 is 0 Å². The predicted octanol–water partition coefficient (Wildman–Crippen LogP) is 4.13. The molecule has 0 bridgehead atoms. The first-order valence-electron chi connectivity index (χ1n) is 6.13. The fourth-order valence-electron chi connectivity index (χ4n) is 2.26. The lowest BCUT2D eigenvalue weighted by atomic mass is 10.1. The van der Waals surface area contributed by atoms with E-state index in [1.807, 2.05) is 10.6 Å². The normalized spacial score (nSPS) is 17.1. The van der Waals surface area contributed by atoms with Crippen molar-refractivity contribution in [3.63, 3.8) is 0 Å². The quantitative estimate of drug-likeness (QED) is 0.765. The number of imidazole rings is 1. The molecule has 0 atom stereocenters. The molecule has 0 amide bonds. The Hall–Kier alpha value is -1.34. The number of aromatic nitrogens is 2. The highest BCUT2D eigenvalue weighted by Gasteiger charge is 2.54. The minimum Gasteiger partial charge on any atom is -0.305 e. The van der Waals surface area contributed by atoms with Crippen molar-refractivity contribution in [2.24, 2.45) is 0 Å². The molecule has 3 rings (SSSR count). The number of halogens is 1. The third kappa shape index (κ3) is 1.65. The highest BCUT2D eigenvalue weighted by molar-refractivity contribution is 9.10. The topological polar surface area (TPSA) is 21.7 Å². The van der Waals surface area contributed by atoms with Crippen molar-refractivity contribution in [2.75, 3.05) is 0 Å². The molecule has 0 spiro atoms. The summed E-state index contributed by atoms with van der Waals surface area (Å²) in [6.07, 6.45) is 5.98. The molecular weight excluding hydrogens is 290 g/mol. The van der Waals surface area contributed by atoms with Crippen LogP contribution in [0.5, 0.6) is 0 Å². The van der Waals surface area contributed by atoms with E-state index in [0.29, 0.717) is 5.92 Å². The number of fused-ring (bicyclic) bond motifs is 1. The fourth-order valence-corrected chi connectivity index (χ4v) is 2.71. The summed E-state index contributed by atoms with van der Waals surface area (Å²) in [4.78, 5) is 8.53. The van der Waals surface area contributed by atoms with E-state index in [4.69, 9.17) is 11.6 Å². The van der Waals surface area contributed by atoms with E-state index in [9.17, 15) is 0 Å². The van der Waals surface area contributed by atoms with Crippen LogP contribution in [0.25, 0.3) is 10.5 Å². The molecule has 2 heterocycles. The second-order valence-electron chi connectivity index (χ2n) is 5.27. The summed E-state index contributed by atoms with van der Waals surface area (Å²) in [5.41, 5.74) is 2.77. The van der Waals surface area contributed by atoms with E-state index in [-0.39, 0.29) is 5.54 Å². The molecule has 0 saturated heterocycles. The molecule has 0 unspecified atom stereocenters. The van der Waals surface area contributed by atoms with Gasteiger partial charge in [0.25, 0.3) is 5.54 Å². The molecule has 1 fully saturated rings. The van der Waals surface area contributed by atoms with Crippen LogP contribution in [0, 0.1) is 6.57 Å². The van der Waals surface area contributed by atoms with Crippen LogP contribution in [0.1, 0.15) is 43.9 Å². The highest BCUT2D eigenvalue weighted by atomic mass is 79.9. The van der Waals surface area contributed by atoms with Crippen LogP contribution in [0.2, 0.25) is 0 Å². The van der Waals surface area contributed by atoms with Gasteiger partial charge in [0.15, 0.2) is 0 Å². The summed E-state index contributed by atoms with van der Waals surface area (Å²) < 4.78 is 3.05. The van der Waals surface area contributed by atoms with E-state index in [2.05, 4.69) is 46.9 Å². The van der Waals surface area contributed by atoms with Gasteiger partial charge in [-0.25, -0.2) is 11.6 Å². The lowest BCUT2D eigenvalue weighted by Gasteiger charge is -2.05. The predicted molar refractivity (Wildman–Crippen MR) is 74.5 cm³/mol. The number of rotatable bonds is 2. The highest BCUT2D eigenvalue weighted by Crippen LogP contribution is 2.51. The van der Waals surface area contributed by atoms with Crippen molar-refractivity contribution in [1.29, 1.82) is 0 Å². The first kappa shape index (κ1) is 11.7. The Bertz CT molecular complexity index is 659. The minimum atomic E-state index is -0.315. The van der Waals surface area contributed by atoms with Gasteiger partial charge in [-0.05, 0) is 27.9 Å². The Balaban J connectivity index is 2.28. The number of nitrogens with zero attached hydrogens (tertiary/aromatic N) is 3. The Kier molecular flexibility index (Phi) is 2.49. The van der Waals surface area contributed by atoms with Crippen LogP contribution in [0.15, 0.2) is 22.9 Å². The lowest BCUT2D eigenvalue weighted by molar-refractivity contribution is 0.832. The van der Waals surface area contributed by atoms with Crippen LogP contribution >= 0.6 is 15.9 Å². The summed E-state index contributed by atoms with van der Waals surface area (Å²) >= 11 is 3.53. The summed E-state index contributed by atoms with van der Waals surface area (Å²) in [5, 5.41) is 0. The van der Waals surface area contributed by atoms with Gasteiger partial charge in [-0.3, -0.25) is 0 Å². The van der Waals surface area contributed by atoms with E-state index in [1.165, 1.54) is 0 Å². The summed E-state index contributed by atoms with van der Waals surface area (Å²) in [5.74, 6) is 0.402. The average Bonchev–Trinajstić information content (AvgIpc) is 3.01. The Morgan fingerprint density at radius 1 is 1.44 bits per heavy atom. The first-order valence-corrected chi connectivity index (χ1v) is 6.92. The van der Waals surface area contributed by atoms with E-state index >= 15 is 0 Å². The molecule has 92 valence electrons.